The highest BCUT2D eigenvalue weighted by atomic mass is 19.4. The molecule has 2 nitrogen and oxygen atoms in total. The van der Waals surface area contributed by atoms with Gasteiger partial charge in [0.15, 0.2) is 0 Å². The molecule has 0 spiro atoms. The Morgan fingerprint density at radius 1 is 1.11 bits per heavy atom. The maximum atomic E-state index is 12.4. The van der Waals surface area contributed by atoms with E-state index in [4.69, 9.17) is 0 Å². The molecule has 1 fully saturated rings. The molecule has 0 saturated carbocycles. The molecule has 1 atom stereocenters. The van der Waals surface area contributed by atoms with Gasteiger partial charge in [0.2, 0.25) is 0 Å². The first-order chi connectivity index (χ1) is 8.59. The summed E-state index contributed by atoms with van der Waals surface area (Å²) in [5.41, 5.74) is 0. The van der Waals surface area contributed by atoms with Crippen molar-refractivity contribution in [3.8, 4) is 0 Å². The summed E-state index contributed by atoms with van der Waals surface area (Å²) in [6, 6.07) is -0.198. The van der Waals surface area contributed by atoms with E-state index in [0.717, 1.165) is 0 Å². The van der Waals surface area contributed by atoms with Crippen LogP contribution < -0.4 is 5.32 Å². The SMILES string of the molecule is CC(CNCC(F)(F)F)N1CCC(C(F)(F)F)CC1. The zero-order chi connectivity index (χ0) is 14.7. The Labute approximate surface area is 108 Å². The number of halogens is 6. The monoisotopic (exact) mass is 292 g/mol. The predicted molar refractivity (Wildman–Crippen MR) is 58.7 cm³/mol. The molecule has 1 N–H and O–H groups in total. The van der Waals surface area contributed by atoms with Crippen LogP contribution in [-0.2, 0) is 0 Å². The average Bonchev–Trinajstić information content (AvgIpc) is 2.26. The van der Waals surface area contributed by atoms with Gasteiger partial charge >= 0.3 is 12.4 Å². The predicted octanol–water partition coefficient (Wildman–Crippen LogP) is 2.80. The third kappa shape index (κ3) is 5.99. The molecule has 0 radical (unpaired) electrons. The highest BCUT2D eigenvalue weighted by Crippen LogP contribution is 2.34. The molecule has 0 aliphatic carbocycles. The molecule has 1 unspecified atom stereocenters. The molecule has 0 aromatic heterocycles. The first-order valence-corrected chi connectivity index (χ1v) is 6.18. The van der Waals surface area contributed by atoms with Crippen LogP contribution >= 0.6 is 0 Å². The van der Waals surface area contributed by atoms with Gasteiger partial charge in [-0.05, 0) is 32.9 Å². The molecule has 114 valence electrons. The molecule has 1 aliphatic rings. The lowest BCUT2D eigenvalue weighted by Gasteiger charge is -2.36. The van der Waals surface area contributed by atoms with Crippen LogP contribution in [0.3, 0.4) is 0 Å². The van der Waals surface area contributed by atoms with Gasteiger partial charge in [0, 0.05) is 12.6 Å². The summed E-state index contributed by atoms with van der Waals surface area (Å²) < 4.78 is 73.1. The molecule has 1 aliphatic heterocycles. The minimum atomic E-state index is -4.26. The summed E-state index contributed by atoms with van der Waals surface area (Å²) >= 11 is 0. The molecule has 0 amide bonds. The second kappa shape index (κ2) is 6.30. The van der Waals surface area contributed by atoms with Crippen LogP contribution in [0.2, 0.25) is 0 Å². The van der Waals surface area contributed by atoms with Gasteiger partial charge in [0.25, 0.3) is 0 Å². The fourth-order valence-corrected chi connectivity index (χ4v) is 2.22. The lowest BCUT2D eigenvalue weighted by molar-refractivity contribution is -0.186. The van der Waals surface area contributed by atoms with Crippen molar-refractivity contribution in [2.24, 2.45) is 5.92 Å². The number of alkyl halides is 6. The maximum Gasteiger partial charge on any atom is 0.401 e. The topological polar surface area (TPSA) is 15.3 Å². The Bertz CT molecular complexity index is 267. The number of hydrogen-bond acceptors (Lipinski definition) is 2. The number of hydrogen-bond donors (Lipinski definition) is 1. The van der Waals surface area contributed by atoms with Crippen LogP contribution in [-0.4, -0.2) is 49.5 Å². The quantitative estimate of drug-likeness (QED) is 0.802. The summed E-state index contributed by atoms with van der Waals surface area (Å²) in [4.78, 5) is 1.80. The number of piperidine rings is 1. The second-order valence-electron chi connectivity index (χ2n) is 4.95. The van der Waals surface area contributed by atoms with E-state index in [9.17, 15) is 26.3 Å². The van der Waals surface area contributed by atoms with E-state index >= 15 is 0 Å². The van der Waals surface area contributed by atoms with Gasteiger partial charge in [-0.2, -0.15) is 26.3 Å². The smallest absolute Gasteiger partial charge is 0.307 e. The van der Waals surface area contributed by atoms with Gasteiger partial charge in [0.05, 0.1) is 12.5 Å². The van der Waals surface area contributed by atoms with Gasteiger partial charge in [-0.3, -0.25) is 4.90 Å². The third-order valence-corrected chi connectivity index (χ3v) is 3.38. The molecule has 0 bridgehead atoms. The highest BCUT2D eigenvalue weighted by molar-refractivity contribution is 4.80. The van der Waals surface area contributed by atoms with Gasteiger partial charge in [-0.15, -0.1) is 0 Å². The van der Waals surface area contributed by atoms with Crippen molar-refractivity contribution >= 4 is 0 Å². The molecule has 0 aromatic rings. The van der Waals surface area contributed by atoms with E-state index in [1.165, 1.54) is 0 Å². The minimum Gasteiger partial charge on any atom is -0.307 e. The van der Waals surface area contributed by atoms with Crippen LogP contribution in [0.1, 0.15) is 19.8 Å². The molecular weight excluding hydrogens is 274 g/mol. The first-order valence-electron chi connectivity index (χ1n) is 6.18. The van der Waals surface area contributed by atoms with Gasteiger partial charge in [-0.25, -0.2) is 0 Å². The van der Waals surface area contributed by atoms with Gasteiger partial charge < -0.3 is 5.32 Å². The maximum absolute atomic E-state index is 12.4. The second-order valence-corrected chi connectivity index (χ2v) is 4.95. The van der Waals surface area contributed by atoms with Crippen LogP contribution in [0, 0.1) is 5.92 Å². The first kappa shape index (κ1) is 16.6. The summed E-state index contributed by atoms with van der Waals surface area (Å²) in [5, 5.41) is 2.27. The summed E-state index contributed by atoms with van der Waals surface area (Å²) in [5.74, 6) is -1.28. The van der Waals surface area contributed by atoms with Crippen molar-refractivity contribution in [1.29, 1.82) is 0 Å². The van der Waals surface area contributed by atoms with E-state index in [0.29, 0.717) is 0 Å². The van der Waals surface area contributed by atoms with Crippen LogP contribution in [0.4, 0.5) is 26.3 Å². The Balaban J connectivity index is 2.27. The van der Waals surface area contributed by atoms with Gasteiger partial charge in [-0.1, -0.05) is 0 Å². The zero-order valence-corrected chi connectivity index (χ0v) is 10.6. The summed E-state index contributed by atoms with van der Waals surface area (Å²) in [6.45, 7) is 1.32. The van der Waals surface area contributed by atoms with Crippen molar-refractivity contribution in [1.82, 2.24) is 10.2 Å². The Hall–Kier alpha value is -0.500. The van der Waals surface area contributed by atoms with Crippen LogP contribution in [0.25, 0.3) is 0 Å². The molecule has 8 heteroatoms. The fraction of sp³-hybridized carbons (Fsp3) is 1.00. The molecule has 1 heterocycles. The Kier molecular flexibility index (Phi) is 5.49. The van der Waals surface area contributed by atoms with Crippen LogP contribution in [0.15, 0.2) is 0 Å². The van der Waals surface area contributed by atoms with Crippen molar-refractivity contribution in [3.63, 3.8) is 0 Å². The van der Waals surface area contributed by atoms with E-state index in [2.05, 4.69) is 5.32 Å². The minimum absolute atomic E-state index is 0.0209. The zero-order valence-electron chi connectivity index (χ0n) is 10.6. The standard InChI is InChI=1S/C11H18F6N2/c1-8(6-18-7-10(12,13)14)19-4-2-9(3-5-19)11(15,16)17/h8-9,18H,2-7H2,1H3. The lowest BCUT2D eigenvalue weighted by atomic mass is 9.95. The summed E-state index contributed by atoms with van der Waals surface area (Å²) in [7, 11) is 0. The van der Waals surface area contributed by atoms with E-state index in [-0.39, 0.29) is 38.5 Å². The van der Waals surface area contributed by atoms with E-state index < -0.39 is 24.8 Å². The fourth-order valence-electron chi connectivity index (χ4n) is 2.22. The average molecular weight is 292 g/mol. The normalized spacial score (nSPS) is 21.6. The highest BCUT2D eigenvalue weighted by Gasteiger charge is 2.41. The molecule has 1 rings (SSSR count). The van der Waals surface area contributed by atoms with E-state index in [1.807, 2.05) is 0 Å². The number of likely N-dealkylation sites (tertiary alicyclic amines) is 1. The lowest BCUT2D eigenvalue weighted by Crippen LogP contribution is -2.47. The number of rotatable bonds is 4. The summed E-state index contributed by atoms with van der Waals surface area (Å²) in [6.07, 6.45) is -8.38. The Morgan fingerprint density at radius 2 is 1.63 bits per heavy atom. The van der Waals surface area contributed by atoms with Crippen molar-refractivity contribution in [2.45, 2.75) is 38.2 Å². The van der Waals surface area contributed by atoms with Gasteiger partial charge in [0.1, 0.15) is 0 Å². The Morgan fingerprint density at radius 3 is 2.05 bits per heavy atom. The number of nitrogens with zero attached hydrogens (tertiary/aromatic N) is 1. The molecule has 1 saturated heterocycles. The van der Waals surface area contributed by atoms with Crippen molar-refractivity contribution in [3.05, 3.63) is 0 Å². The van der Waals surface area contributed by atoms with Crippen molar-refractivity contribution < 1.29 is 26.3 Å². The van der Waals surface area contributed by atoms with E-state index in [1.54, 1.807) is 11.8 Å². The molecule has 0 aromatic carbocycles. The van der Waals surface area contributed by atoms with Crippen LogP contribution in [0.5, 0.6) is 0 Å². The van der Waals surface area contributed by atoms with Crippen molar-refractivity contribution in [2.75, 3.05) is 26.2 Å². The number of nitrogens with one attached hydrogen (secondary N) is 1. The third-order valence-electron chi connectivity index (χ3n) is 3.38. The molecular formula is C11H18F6N2. The molecule has 19 heavy (non-hydrogen) atoms. The largest absolute Gasteiger partial charge is 0.401 e.